The van der Waals surface area contributed by atoms with Gasteiger partial charge >= 0.3 is 24.3 Å². The van der Waals surface area contributed by atoms with Crippen LogP contribution in [0.25, 0.3) is 0 Å². The van der Waals surface area contributed by atoms with Crippen LogP contribution in [-0.2, 0) is 6.54 Å². The summed E-state index contributed by atoms with van der Waals surface area (Å²) in [7, 11) is 0. The van der Waals surface area contributed by atoms with E-state index in [0.717, 1.165) is 11.3 Å². The molecular weight excluding hydrogens is 318 g/mol. The molecule has 0 fully saturated rings. The highest BCUT2D eigenvalue weighted by Gasteiger charge is 2.40. The Kier molecular flexibility index (Phi) is 5.47. The molecule has 21 heavy (non-hydrogen) atoms. The van der Waals surface area contributed by atoms with Crippen LogP contribution in [0.4, 0.5) is 22.4 Å². The number of aryl methyl sites for hydroxylation is 1. The molecule has 6 nitrogen and oxygen atoms in total. The van der Waals surface area contributed by atoms with E-state index in [1.165, 1.54) is 6.92 Å². The zero-order valence-corrected chi connectivity index (χ0v) is 11.4. The Morgan fingerprint density at radius 2 is 2.00 bits per heavy atom. The number of nitrogens with one attached hydrogen (secondary N) is 2. The minimum Gasteiger partial charge on any atom is -0.477 e. The molecule has 1 heterocycles. The number of aromatic carboxylic acids is 1. The number of aromatic nitrogens is 1. The molecular formula is C10H11F4N3O3S. The third-order valence-corrected chi connectivity index (χ3v) is 3.38. The summed E-state index contributed by atoms with van der Waals surface area (Å²) in [5, 5.41) is 12.8. The van der Waals surface area contributed by atoms with Crippen LogP contribution in [0.5, 0.6) is 0 Å². The molecule has 0 aliphatic rings. The minimum atomic E-state index is -4.31. The van der Waals surface area contributed by atoms with Gasteiger partial charge in [-0.3, -0.25) is 0 Å². The lowest BCUT2D eigenvalue weighted by Gasteiger charge is -2.15. The molecule has 0 radical (unpaired) electrons. The maximum Gasteiger partial charge on any atom is 0.347 e. The Hall–Kier alpha value is -1.91. The standard InChI is InChI=1S/C10H11F4N3O3S/c1-4-6(7(18)19)21-5(17-4)2-15-9(20)16-3-10(13,14)8(11)12/h8H,2-3H2,1H3,(H,18,19)(H2,15,16,20). The van der Waals surface area contributed by atoms with Crippen molar-refractivity contribution in [2.75, 3.05) is 6.54 Å². The lowest BCUT2D eigenvalue weighted by Crippen LogP contribution is -2.45. The fourth-order valence-electron chi connectivity index (χ4n) is 1.22. The van der Waals surface area contributed by atoms with Crippen LogP contribution in [0, 0.1) is 6.92 Å². The average Bonchev–Trinajstić information content (AvgIpc) is 2.75. The molecule has 0 aliphatic heterocycles. The average molecular weight is 329 g/mol. The monoisotopic (exact) mass is 329 g/mol. The lowest BCUT2D eigenvalue weighted by atomic mass is 10.3. The zero-order valence-electron chi connectivity index (χ0n) is 10.6. The number of alkyl halides is 4. The summed E-state index contributed by atoms with van der Waals surface area (Å²) in [5.74, 6) is -5.48. The molecule has 3 N–H and O–H groups in total. The second-order valence-corrected chi connectivity index (χ2v) is 5.01. The summed E-state index contributed by atoms with van der Waals surface area (Å²) in [4.78, 5) is 25.8. The van der Waals surface area contributed by atoms with Crippen molar-refractivity contribution in [3.05, 3.63) is 15.6 Å². The smallest absolute Gasteiger partial charge is 0.347 e. The van der Waals surface area contributed by atoms with Gasteiger partial charge in [-0.2, -0.15) is 8.78 Å². The Bertz CT molecular complexity index is 536. The molecule has 118 valence electrons. The van der Waals surface area contributed by atoms with Gasteiger partial charge in [-0.15, -0.1) is 11.3 Å². The van der Waals surface area contributed by atoms with Crippen LogP contribution in [0.15, 0.2) is 0 Å². The molecule has 0 aliphatic carbocycles. The van der Waals surface area contributed by atoms with Gasteiger partial charge in [0.15, 0.2) is 0 Å². The highest BCUT2D eigenvalue weighted by molar-refractivity contribution is 7.13. The molecule has 1 aromatic rings. The second-order valence-electron chi connectivity index (χ2n) is 3.93. The van der Waals surface area contributed by atoms with E-state index in [9.17, 15) is 27.2 Å². The number of halogens is 4. The predicted molar refractivity (Wildman–Crippen MR) is 65.0 cm³/mol. The van der Waals surface area contributed by atoms with Gasteiger partial charge in [0.1, 0.15) is 9.88 Å². The number of rotatable bonds is 6. The summed E-state index contributed by atoms with van der Waals surface area (Å²) in [5.41, 5.74) is 0.258. The van der Waals surface area contributed by atoms with E-state index in [1.807, 2.05) is 0 Å². The number of amides is 2. The molecule has 0 unspecified atom stereocenters. The van der Waals surface area contributed by atoms with Crippen molar-refractivity contribution in [1.29, 1.82) is 0 Å². The minimum absolute atomic E-state index is 0.00329. The molecule has 0 aromatic carbocycles. The number of carbonyl (C=O) groups is 2. The fourth-order valence-corrected chi connectivity index (χ4v) is 2.06. The predicted octanol–water partition coefficient (Wildman–Crippen LogP) is 1.85. The second kappa shape index (κ2) is 6.70. The number of urea groups is 1. The van der Waals surface area contributed by atoms with Crippen LogP contribution in [0.1, 0.15) is 20.4 Å². The van der Waals surface area contributed by atoms with Gasteiger partial charge < -0.3 is 15.7 Å². The maximum atomic E-state index is 12.5. The van der Waals surface area contributed by atoms with Crippen molar-refractivity contribution in [2.45, 2.75) is 25.8 Å². The molecule has 1 aromatic heterocycles. The fraction of sp³-hybridized carbons (Fsp3) is 0.500. The summed E-state index contributed by atoms with van der Waals surface area (Å²) >= 11 is 0.817. The first-order chi connectivity index (χ1) is 9.63. The van der Waals surface area contributed by atoms with E-state index in [1.54, 1.807) is 5.32 Å². The number of carboxylic acids is 1. The number of hydrogen-bond acceptors (Lipinski definition) is 4. The van der Waals surface area contributed by atoms with Gasteiger partial charge in [-0.25, -0.2) is 23.4 Å². The first-order valence-corrected chi connectivity index (χ1v) is 6.32. The highest BCUT2D eigenvalue weighted by Crippen LogP contribution is 2.21. The quantitative estimate of drug-likeness (QED) is 0.695. The molecule has 0 saturated heterocycles. The van der Waals surface area contributed by atoms with Gasteiger partial charge in [0, 0.05) is 0 Å². The van der Waals surface area contributed by atoms with Gasteiger partial charge in [0.05, 0.1) is 18.8 Å². The van der Waals surface area contributed by atoms with Crippen molar-refractivity contribution in [1.82, 2.24) is 15.6 Å². The molecule has 2 amide bonds. The Labute approximate surface area is 120 Å². The highest BCUT2D eigenvalue weighted by atomic mass is 32.1. The Balaban J connectivity index is 2.47. The van der Waals surface area contributed by atoms with Crippen molar-refractivity contribution >= 4 is 23.3 Å². The topological polar surface area (TPSA) is 91.3 Å². The SMILES string of the molecule is Cc1nc(CNC(=O)NCC(F)(F)C(F)F)sc1C(=O)O. The third-order valence-electron chi connectivity index (χ3n) is 2.24. The van der Waals surface area contributed by atoms with Crippen LogP contribution in [0.2, 0.25) is 0 Å². The Morgan fingerprint density at radius 3 is 2.48 bits per heavy atom. The van der Waals surface area contributed by atoms with E-state index in [-0.39, 0.29) is 22.1 Å². The van der Waals surface area contributed by atoms with Crippen molar-refractivity contribution < 1.29 is 32.3 Å². The van der Waals surface area contributed by atoms with Crippen LogP contribution in [-0.4, -0.2) is 41.0 Å². The van der Waals surface area contributed by atoms with Gasteiger partial charge in [0.25, 0.3) is 0 Å². The first-order valence-electron chi connectivity index (χ1n) is 5.50. The van der Waals surface area contributed by atoms with Gasteiger partial charge in [-0.1, -0.05) is 0 Å². The van der Waals surface area contributed by atoms with E-state index in [4.69, 9.17) is 5.11 Å². The van der Waals surface area contributed by atoms with Crippen LogP contribution < -0.4 is 10.6 Å². The van der Waals surface area contributed by atoms with Crippen LogP contribution >= 0.6 is 11.3 Å². The number of carboxylic acid groups (broad SMARTS) is 1. The molecule has 0 bridgehead atoms. The first kappa shape index (κ1) is 17.1. The van der Waals surface area contributed by atoms with E-state index in [0.29, 0.717) is 0 Å². The van der Waals surface area contributed by atoms with Crippen molar-refractivity contribution in [2.24, 2.45) is 0 Å². The number of thiazole rings is 1. The van der Waals surface area contributed by atoms with Crippen molar-refractivity contribution in [3.8, 4) is 0 Å². The van der Waals surface area contributed by atoms with E-state index in [2.05, 4.69) is 10.3 Å². The Morgan fingerprint density at radius 1 is 1.38 bits per heavy atom. The summed E-state index contributed by atoms with van der Waals surface area (Å²) in [6, 6.07) is -1.08. The van der Waals surface area contributed by atoms with Crippen molar-refractivity contribution in [3.63, 3.8) is 0 Å². The maximum absolute atomic E-state index is 12.5. The van der Waals surface area contributed by atoms with E-state index < -0.39 is 30.9 Å². The lowest BCUT2D eigenvalue weighted by molar-refractivity contribution is -0.123. The number of carbonyl (C=O) groups excluding carboxylic acids is 1. The summed E-state index contributed by atoms with van der Waals surface area (Å²) in [6.07, 6.45) is -3.88. The number of hydrogen-bond donors (Lipinski definition) is 3. The third kappa shape index (κ3) is 4.85. The zero-order chi connectivity index (χ0) is 16.2. The van der Waals surface area contributed by atoms with Crippen LogP contribution in [0.3, 0.4) is 0 Å². The summed E-state index contributed by atoms with van der Waals surface area (Å²) in [6.45, 7) is -0.245. The summed E-state index contributed by atoms with van der Waals surface area (Å²) < 4.78 is 48.8. The largest absolute Gasteiger partial charge is 0.477 e. The normalized spacial score (nSPS) is 11.5. The molecule has 1 rings (SSSR count). The van der Waals surface area contributed by atoms with Gasteiger partial charge in [-0.05, 0) is 6.92 Å². The van der Waals surface area contributed by atoms with Gasteiger partial charge in [0.2, 0.25) is 0 Å². The molecule has 0 spiro atoms. The van der Waals surface area contributed by atoms with E-state index >= 15 is 0 Å². The molecule has 11 heteroatoms. The molecule has 0 atom stereocenters. The number of nitrogens with zero attached hydrogens (tertiary/aromatic N) is 1. The molecule has 0 saturated carbocycles.